The molecule has 5 rings (SSSR count). The SMILES string of the molecule is Cc1ccc2c(oc3ccccc32)c1-c1cc2c(c[n+]1C)C(C)(C)CCC2(C)C. The van der Waals surface area contributed by atoms with Gasteiger partial charge in [-0.15, -0.1) is 0 Å². The molecule has 0 saturated heterocycles. The molecular weight excluding hydrogens is 354 g/mol. The fraction of sp³-hybridized carbons (Fsp3) is 0.370. The van der Waals surface area contributed by atoms with Crippen LogP contribution in [0.3, 0.4) is 0 Å². The van der Waals surface area contributed by atoms with Crippen molar-refractivity contribution in [2.45, 2.75) is 58.3 Å². The number of furan rings is 1. The van der Waals surface area contributed by atoms with E-state index in [2.05, 4.69) is 88.8 Å². The van der Waals surface area contributed by atoms with E-state index < -0.39 is 0 Å². The summed E-state index contributed by atoms with van der Waals surface area (Å²) in [6, 6.07) is 15.2. The van der Waals surface area contributed by atoms with E-state index in [9.17, 15) is 0 Å². The molecule has 2 nitrogen and oxygen atoms in total. The van der Waals surface area contributed by atoms with Crippen molar-refractivity contribution < 1.29 is 8.98 Å². The molecule has 0 fully saturated rings. The summed E-state index contributed by atoms with van der Waals surface area (Å²) in [5, 5.41) is 2.38. The lowest BCUT2D eigenvalue weighted by Gasteiger charge is -2.40. The average molecular weight is 385 g/mol. The first-order valence-electron chi connectivity index (χ1n) is 10.6. The van der Waals surface area contributed by atoms with Gasteiger partial charge >= 0.3 is 0 Å². The number of hydrogen-bond acceptors (Lipinski definition) is 1. The van der Waals surface area contributed by atoms with E-state index in [1.54, 1.807) is 0 Å². The van der Waals surface area contributed by atoms with Crippen molar-refractivity contribution in [3.8, 4) is 11.3 Å². The number of aromatic nitrogens is 1. The third-order valence-corrected chi connectivity index (χ3v) is 7.12. The van der Waals surface area contributed by atoms with Crippen LogP contribution in [-0.2, 0) is 17.9 Å². The van der Waals surface area contributed by atoms with E-state index in [-0.39, 0.29) is 10.8 Å². The van der Waals surface area contributed by atoms with Gasteiger partial charge in [0, 0.05) is 22.4 Å². The Balaban J connectivity index is 1.85. The second-order valence-corrected chi connectivity index (χ2v) is 10.1. The summed E-state index contributed by atoms with van der Waals surface area (Å²) >= 11 is 0. The molecule has 0 unspecified atom stereocenters. The zero-order chi connectivity index (χ0) is 20.6. The summed E-state index contributed by atoms with van der Waals surface area (Å²) in [7, 11) is 2.17. The number of benzene rings is 2. The first kappa shape index (κ1) is 18.4. The third-order valence-electron chi connectivity index (χ3n) is 7.12. The molecule has 1 aliphatic rings. The van der Waals surface area contributed by atoms with Crippen LogP contribution in [-0.4, -0.2) is 0 Å². The summed E-state index contributed by atoms with van der Waals surface area (Å²) in [5.41, 5.74) is 9.00. The molecule has 148 valence electrons. The number of hydrogen-bond donors (Lipinski definition) is 0. The largest absolute Gasteiger partial charge is 0.455 e. The molecule has 1 aliphatic carbocycles. The Hall–Kier alpha value is -2.61. The molecule has 4 aromatic rings. The van der Waals surface area contributed by atoms with Gasteiger partial charge in [0.25, 0.3) is 0 Å². The maximum Gasteiger partial charge on any atom is 0.216 e. The summed E-state index contributed by atoms with van der Waals surface area (Å²) in [6.45, 7) is 11.7. The smallest absolute Gasteiger partial charge is 0.216 e. The van der Waals surface area contributed by atoms with Gasteiger partial charge in [-0.05, 0) is 47.8 Å². The number of nitrogens with zero attached hydrogens (tertiary/aromatic N) is 1. The van der Waals surface area contributed by atoms with Crippen LogP contribution in [0.1, 0.15) is 57.2 Å². The first-order valence-corrected chi connectivity index (χ1v) is 10.6. The van der Waals surface area contributed by atoms with E-state index >= 15 is 0 Å². The number of fused-ring (bicyclic) bond motifs is 4. The predicted octanol–water partition coefficient (Wildman–Crippen LogP) is 6.73. The second-order valence-electron chi connectivity index (χ2n) is 10.1. The van der Waals surface area contributed by atoms with Crippen LogP contribution in [0, 0.1) is 6.92 Å². The van der Waals surface area contributed by atoms with E-state index in [1.807, 2.05) is 6.07 Å². The van der Waals surface area contributed by atoms with Crippen LogP contribution in [0.4, 0.5) is 0 Å². The first-order chi connectivity index (χ1) is 13.7. The molecular formula is C27H30NO+. The molecule has 0 radical (unpaired) electrons. The highest BCUT2D eigenvalue weighted by molar-refractivity contribution is 6.09. The van der Waals surface area contributed by atoms with Crippen LogP contribution in [0.2, 0.25) is 0 Å². The van der Waals surface area contributed by atoms with Gasteiger partial charge < -0.3 is 4.42 Å². The lowest BCUT2D eigenvalue weighted by molar-refractivity contribution is -0.661. The molecule has 0 bridgehead atoms. The molecule has 2 heteroatoms. The van der Waals surface area contributed by atoms with Gasteiger partial charge in [0.15, 0.2) is 6.20 Å². The summed E-state index contributed by atoms with van der Waals surface area (Å²) in [6.07, 6.45) is 4.81. The van der Waals surface area contributed by atoms with E-state index in [0.717, 1.165) is 11.2 Å². The normalized spacial score (nSPS) is 17.6. The van der Waals surface area contributed by atoms with E-state index in [1.165, 1.54) is 51.6 Å². The Labute approximate surface area is 173 Å². The average Bonchev–Trinajstić information content (AvgIpc) is 3.04. The molecule has 0 amide bonds. The monoisotopic (exact) mass is 384 g/mol. The van der Waals surface area contributed by atoms with Crippen molar-refractivity contribution in [1.82, 2.24) is 0 Å². The number of para-hydroxylation sites is 1. The van der Waals surface area contributed by atoms with Crippen LogP contribution in [0.15, 0.2) is 53.1 Å². The molecule has 2 aromatic heterocycles. The summed E-state index contributed by atoms with van der Waals surface area (Å²) in [5.74, 6) is 0. The zero-order valence-corrected chi connectivity index (χ0v) is 18.4. The highest BCUT2D eigenvalue weighted by atomic mass is 16.3. The Morgan fingerprint density at radius 2 is 1.55 bits per heavy atom. The fourth-order valence-electron chi connectivity index (χ4n) is 5.10. The summed E-state index contributed by atoms with van der Waals surface area (Å²) in [4.78, 5) is 0. The van der Waals surface area contributed by atoms with Crippen molar-refractivity contribution in [2.75, 3.05) is 0 Å². The molecule has 0 aliphatic heterocycles. The van der Waals surface area contributed by atoms with Gasteiger partial charge in [-0.25, -0.2) is 4.57 Å². The molecule has 2 heterocycles. The zero-order valence-electron chi connectivity index (χ0n) is 18.4. The van der Waals surface area contributed by atoms with Gasteiger partial charge in [-0.2, -0.15) is 0 Å². The lowest BCUT2D eigenvalue weighted by atomic mass is 9.63. The number of aryl methyl sites for hydroxylation is 2. The minimum absolute atomic E-state index is 0.184. The number of rotatable bonds is 1. The van der Waals surface area contributed by atoms with Crippen molar-refractivity contribution in [2.24, 2.45) is 7.05 Å². The minimum Gasteiger partial charge on any atom is -0.455 e. The minimum atomic E-state index is 0.184. The van der Waals surface area contributed by atoms with Crippen LogP contribution in [0.25, 0.3) is 33.2 Å². The maximum atomic E-state index is 6.40. The number of pyridine rings is 1. The van der Waals surface area contributed by atoms with Gasteiger partial charge in [-0.1, -0.05) is 58.0 Å². The van der Waals surface area contributed by atoms with Gasteiger partial charge in [0.05, 0.1) is 5.56 Å². The van der Waals surface area contributed by atoms with Crippen molar-refractivity contribution in [1.29, 1.82) is 0 Å². The van der Waals surface area contributed by atoms with Crippen molar-refractivity contribution >= 4 is 21.9 Å². The molecule has 0 N–H and O–H groups in total. The molecule has 0 saturated carbocycles. The lowest BCUT2D eigenvalue weighted by Crippen LogP contribution is -2.40. The predicted molar refractivity (Wildman–Crippen MR) is 120 cm³/mol. The summed E-state index contributed by atoms with van der Waals surface area (Å²) < 4.78 is 8.70. The molecule has 29 heavy (non-hydrogen) atoms. The van der Waals surface area contributed by atoms with Crippen LogP contribution in [0.5, 0.6) is 0 Å². The maximum absolute atomic E-state index is 6.40. The highest BCUT2D eigenvalue weighted by Crippen LogP contribution is 2.46. The second kappa shape index (κ2) is 5.95. The quantitative estimate of drug-likeness (QED) is 0.332. The standard InChI is InChI=1S/C27H30NO/c1-17-11-12-19-18-9-7-8-10-23(18)29-25(19)24(17)22-15-20-21(16-28(22)6)27(4,5)14-13-26(20,2)3/h7-12,15-16H,13-14H2,1-6H3/q+1. The Morgan fingerprint density at radius 3 is 2.31 bits per heavy atom. The van der Waals surface area contributed by atoms with Crippen LogP contribution >= 0.6 is 0 Å². The topological polar surface area (TPSA) is 17.0 Å². The Bertz CT molecular complexity index is 1270. The molecule has 2 aromatic carbocycles. The van der Waals surface area contributed by atoms with Crippen molar-refractivity contribution in [3.63, 3.8) is 0 Å². The van der Waals surface area contributed by atoms with Gasteiger partial charge in [0.1, 0.15) is 18.2 Å². The third kappa shape index (κ3) is 2.65. The van der Waals surface area contributed by atoms with Gasteiger partial charge in [0.2, 0.25) is 5.69 Å². The van der Waals surface area contributed by atoms with Crippen LogP contribution < -0.4 is 4.57 Å². The van der Waals surface area contributed by atoms with E-state index in [0.29, 0.717) is 0 Å². The van der Waals surface area contributed by atoms with Gasteiger partial charge in [-0.3, -0.25) is 0 Å². The molecule has 0 spiro atoms. The highest BCUT2D eigenvalue weighted by Gasteiger charge is 2.40. The van der Waals surface area contributed by atoms with E-state index in [4.69, 9.17) is 4.42 Å². The van der Waals surface area contributed by atoms with Crippen molar-refractivity contribution in [3.05, 3.63) is 65.4 Å². The fourth-order valence-corrected chi connectivity index (χ4v) is 5.10. The molecule has 0 atom stereocenters. The Kier molecular flexibility index (Phi) is 3.78. The Morgan fingerprint density at radius 1 is 0.862 bits per heavy atom.